The molecule has 2 amide bonds. The van der Waals surface area contributed by atoms with E-state index in [1.54, 1.807) is 16.2 Å². The minimum atomic E-state index is -0.855. The Bertz CT molecular complexity index is 850. The normalized spacial score (nSPS) is 13.2. The van der Waals surface area contributed by atoms with Crippen LogP contribution in [0, 0.1) is 10.1 Å². The number of anilines is 1. The molecular formula is C15H15N5O4S. The first-order valence-corrected chi connectivity index (χ1v) is 8.35. The third-order valence-electron chi connectivity index (χ3n) is 3.92. The Balaban J connectivity index is 1.68. The van der Waals surface area contributed by atoms with Gasteiger partial charge < -0.3 is 16.0 Å². The third kappa shape index (κ3) is 3.58. The lowest BCUT2D eigenvalue weighted by Crippen LogP contribution is -2.39. The number of thiophene rings is 1. The summed E-state index contributed by atoms with van der Waals surface area (Å²) in [5, 5.41) is 15.5. The van der Waals surface area contributed by atoms with Crippen LogP contribution >= 0.6 is 11.3 Å². The van der Waals surface area contributed by atoms with Gasteiger partial charge in [0.15, 0.2) is 0 Å². The maximum absolute atomic E-state index is 12.4. The lowest BCUT2D eigenvalue weighted by Gasteiger charge is -2.27. The molecule has 1 aliphatic heterocycles. The number of pyridine rings is 1. The number of nitrogens with one attached hydrogen (secondary N) is 1. The predicted molar refractivity (Wildman–Crippen MR) is 91.3 cm³/mol. The SMILES string of the molecule is NC(=O)c1cc([N+](=O)[O-])cnc1NCC(=O)N1CCc2sccc2C1. The van der Waals surface area contributed by atoms with E-state index in [0.29, 0.717) is 13.1 Å². The van der Waals surface area contributed by atoms with E-state index in [4.69, 9.17) is 5.73 Å². The van der Waals surface area contributed by atoms with Gasteiger partial charge in [-0.25, -0.2) is 4.98 Å². The summed E-state index contributed by atoms with van der Waals surface area (Å²) in [5.74, 6) is -0.945. The fourth-order valence-corrected chi connectivity index (χ4v) is 3.50. The average Bonchev–Trinajstić information content (AvgIpc) is 3.06. The smallest absolute Gasteiger partial charge is 0.288 e. The van der Waals surface area contributed by atoms with Crippen molar-refractivity contribution in [2.45, 2.75) is 13.0 Å². The van der Waals surface area contributed by atoms with Gasteiger partial charge in [-0.3, -0.25) is 19.7 Å². The maximum Gasteiger partial charge on any atom is 0.288 e. The van der Waals surface area contributed by atoms with E-state index in [1.807, 2.05) is 11.4 Å². The minimum Gasteiger partial charge on any atom is -0.365 e. The Morgan fingerprint density at radius 2 is 2.28 bits per heavy atom. The molecule has 2 aromatic rings. The molecule has 0 spiro atoms. The van der Waals surface area contributed by atoms with Crippen molar-refractivity contribution in [1.82, 2.24) is 9.88 Å². The van der Waals surface area contributed by atoms with Gasteiger partial charge in [-0.15, -0.1) is 11.3 Å². The summed E-state index contributed by atoms with van der Waals surface area (Å²) in [5.41, 5.74) is 5.92. The van der Waals surface area contributed by atoms with Crippen LogP contribution in [0.15, 0.2) is 23.7 Å². The van der Waals surface area contributed by atoms with E-state index >= 15 is 0 Å². The number of carbonyl (C=O) groups excluding carboxylic acids is 2. The molecule has 0 aliphatic carbocycles. The van der Waals surface area contributed by atoms with Gasteiger partial charge in [0.2, 0.25) is 5.91 Å². The molecule has 0 unspecified atom stereocenters. The van der Waals surface area contributed by atoms with Gasteiger partial charge >= 0.3 is 0 Å². The molecule has 3 rings (SSSR count). The molecule has 9 nitrogen and oxygen atoms in total. The molecule has 3 heterocycles. The second-order valence-electron chi connectivity index (χ2n) is 5.50. The number of primary amides is 1. The van der Waals surface area contributed by atoms with E-state index in [-0.39, 0.29) is 29.5 Å². The molecule has 0 radical (unpaired) electrons. The Morgan fingerprint density at radius 1 is 1.48 bits per heavy atom. The molecule has 130 valence electrons. The van der Waals surface area contributed by atoms with Gasteiger partial charge in [-0.2, -0.15) is 0 Å². The topological polar surface area (TPSA) is 131 Å². The number of nitrogens with two attached hydrogens (primary N) is 1. The minimum absolute atomic E-state index is 0.0553. The summed E-state index contributed by atoms with van der Waals surface area (Å²) in [4.78, 5) is 40.8. The van der Waals surface area contributed by atoms with Crippen LogP contribution < -0.4 is 11.1 Å². The number of amides is 2. The van der Waals surface area contributed by atoms with Gasteiger partial charge in [0.05, 0.1) is 17.0 Å². The van der Waals surface area contributed by atoms with E-state index in [2.05, 4.69) is 10.3 Å². The van der Waals surface area contributed by atoms with Crippen molar-refractivity contribution in [2.75, 3.05) is 18.4 Å². The van der Waals surface area contributed by atoms with Crippen LogP contribution in [0.1, 0.15) is 20.8 Å². The second-order valence-corrected chi connectivity index (χ2v) is 6.50. The molecule has 2 aromatic heterocycles. The largest absolute Gasteiger partial charge is 0.365 e. The van der Waals surface area contributed by atoms with Crippen molar-refractivity contribution in [1.29, 1.82) is 0 Å². The maximum atomic E-state index is 12.4. The number of aromatic nitrogens is 1. The number of carbonyl (C=O) groups is 2. The number of nitro groups is 1. The van der Waals surface area contributed by atoms with Gasteiger partial charge in [-0.05, 0) is 23.4 Å². The van der Waals surface area contributed by atoms with E-state index < -0.39 is 10.8 Å². The summed E-state index contributed by atoms with van der Waals surface area (Å²) < 4.78 is 0. The summed E-state index contributed by atoms with van der Waals surface area (Å²) in [6, 6.07) is 3.05. The Kier molecular flexibility index (Phi) is 4.61. The number of fused-ring (bicyclic) bond motifs is 1. The fraction of sp³-hybridized carbons (Fsp3) is 0.267. The highest BCUT2D eigenvalue weighted by Gasteiger charge is 2.22. The molecule has 0 bridgehead atoms. The standard InChI is InChI=1S/C15H15N5O4S/c16-14(22)11-5-10(20(23)24)6-17-15(11)18-7-13(21)19-3-1-12-9(8-19)2-4-25-12/h2,4-6H,1,3,7-8H2,(H2,16,22)(H,17,18). The zero-order chi connectivity index (χ0) is 18.0. The van der Waals surface area contributed by atoms with Crippen molar-refractivity contribution < 1.29 is 14.5 Å². The van der Waals surface area contributed by atoms with Crippen LogP contribution in [-0.4, -0.2) is 39.7 Å². The second kappa shape index (κ2) is 6.85. The van der Waals surface area contributed by atoms with Crippen molar-refractivity contribution in [3.05, 3.63) is 49.8 Å². The van der Waals surface area contributed by atoms with Crippen LogP contribution in [0.25, 0.3) is 0 Å². The van der Waals surface area contributed by atoms with Gasteiger partial charge in [0.25, 0.3) is 11.6 Å². The van der Waals surface area contributed by atoms with Crippen molar-refractivity contribution >= 4 is 34.7 Å². The Hall–Kier alpha value is -3.01. The monoisotopic (exact) mass is 361 g/mol. The van der Waals surface area contributed by atoms with Crippen molar-refractivity contribution in [3.8, 4) is 0 Å². The lowest BCUT2D eigenvalue weighted by atomic mass is 10.1. The van der Waals surface area contributed by atoms with E-state index in [9.17, 15) is 19.7 Å². The first kappa shape index (κ1) is 16.8. The molecule has 3 N–H and O–H groups in total. The van der Waals surface area contributed by atoms with Crippen LogP contribution in [-0.2, 0) is 17.8 Å². The number of nitrogens with zero attached hydrogens (tertiary/aromatic N) is 3. The molecule has 10 heteroatoms. The molecule has 1 aliphatic rings. The molecule has 25 heavy (non-hydrogen) atoms. The van der Waals surface area contributed by atoms with Crippen molar-refractivity contribution in [3.63, 3.8) is 0 Å². The first-order valence-electron chi connectivity index (χ1n) is 7.47. The highest BCUT2D eigenvalue weighted by atomic mass is 32.1. The van der Waals surface area contributed by atoms with Gasteiger partial charge in [-0.1, -0.05) is 0 Å². The zero-order valence-corrected chi connectivity index (χ0v) is 13.9. The van der Waals surface area contributed by atoms with Crippen molar-refractivity contribution in [2.24, 2.45) is 5.73 Å². The highest BCUT2D eigenvalue weighted by molar-refractivity contribution is 7.10. The zero-order valence-electron chi connectivity index (χ0n) is 13.1. The van der Waals surface area contributed by atoms with E-state index in [1.165, 1.54) is 4.88 Å². The third-order valence-corrected chi connectivity index (χ3v) is 4.94. The summed E-state index contributed by atoms with van der Waals surface area (Å²) in [7, 11) is 0. The molecule has 0 saturated carbocycles. The molecule has 0 atom stereocenters. The quantitative estimate of drug-likeness (QED) is 0.606. The Morgan fingerprint density at radius 3 is 3.00 bits per heavy atom. The summed E-state index contributed by atoms with van der Waals surface area (Å²) in [6.07, 6.45) is 1.83. The number of rotatable bonds is 5. The fourth-order valence-electron chi connectivity index (χ4n) is 2.61. The highest BCUT2D eigenvalue weighted by Crippen LogP contribution is 2.24. The predicted octanol–water partition coefficient (Wildman–Crippen LogP) is 1.15. The molecule has 0 aromatic carbocycles. The Labute approximate surface area is 146 Å². The van der Waals surface area contributed by atoms with Gasteiger partial charge in [0.1, 0.15) is 12.0 Å². The van der Waals surface area contributed by atoms with E-state index in [0.717, 1.165) is 24.2 Å². The van der Waals surface area contributed by atoms with Gasteiger partial charge in [0, 0.05) is 24.0 Å². The average molecular weight is 361 g/mol. The first-order chi connectivity index (χ1) is 12.0. The number of hydrogen-bond acceptors (Lipinski definition) is 7. The van der Waals surface area contributed by atoms with Crippen LogP contribution in [0.3, 0.4) is 0 Å². The summed E-state index contributed by atoms with van der Waals surface area (Å²) >= 11 is 1.69. The summed E-state index contributed by atoms with van der Waals surface area (Å²) in [6.45, 7) is 1.10. The van der Waals surface area contributed by atoms with Crippen LogP contribution in [0.4, 0.5) is 11.5 Å². The molecule has 0 saturated heterocycles. The molecule has 0 fully saturated rings. The lowest BCUT2D eigenvalue weighted by molar-refractivity contribution is -0.385. The molecular weight excluding hydrogens is 346 g/mol. The van der Waals surface area contributed by atoms with Crippen LogP contribution in [0.2, 0.25) is 0 Å². The van der Waals surface area contributed by atoms with Crippen LogP contribution in [0.5, 0.6) is 0 Å². The number of hydrogen-bond donors (Lipinski definition) is 2.